The van der Waals surface area contributed by atoms with Crippen LogP contribution in [0.4, 0.5) is 24.9 Å². The van der Waals surface area contributed by atoms with E-state index in [1.807, 2.05) is 0 Å². The molecule has 364 valence electrons. The van der Waals surface area contributed by atoms with Crippen molar-refractivity contribution in [2.75, 3.05) is 24.2 Å². The number of aryl methyl sites for hydroxylation is 1. The number of thiazole rings is 1. The highest BCUT2D eigenvalue weighted by atomic mass is 32.3. The van der Waals surface area contributed by atoms with Crippen molar-refractivity contribution in [3.8, 4) is 16.9 Å². The molecule has 0 spiro atoms. The fraction of sp³-hybridized carbons (Fsp3) is 0.550. The quantitative estimate of drug-likeness (QED) is 0.0188. The van der Waals surface area contributed by atoms with E-state index in [1.165, 1.54) is 31.4 Å². The van der Waals surface area contributed by atoms with E-state index in [1.54, 1.807) is 84.9 Å². The predicted molar refractivity (Wildman–Crippen MR) is 234 cm³/mol. The zero-order valence-electron chi connectivity index (χ0n) is 38.6. The molecule has 26 heteroatoms. The summed E-state index contributed by atoms with van der Waals surface area (Å²) < 4.78 is 77.2. The minimum Gasteiger partial charge on any atom is -0.489 e. The average Bonchev–Trinajstić information content (AvgIpc) is 3.72. The van der Waals surface area contributed by atoms with Crippen LogP contribution in [0.5, 0.6) is 5.75 Å². The van der Waals surface area contributed by atoms with Gasteiger partial charge < -0.3 is 40.2 Å². The second kappa shape index (κ2) is 20.2. The molecular weight excluding hydrogens is 914 g/mol. The van der Waals surface area contributed by atoms with Crippen LogP contribution in [0.2, 0.25) is 0 Å². The molecule has 1 saturated heterocycles. The van der Waals surface area contributed by atoms with Crippen molar-refractivity contribution in [1.29, 1.82) is 0 Å². The molecule has 66 heavy (non-hydrogen) atoms. The molecule has 2 aromatic heterocycles. The van der Waals surface area contributed by atoms with Crippen molar-refractivity contribution in [2.24, 2.45) is 12.2 Å². The number of carbonyl (C=O) groups is 5. The number of rotatable bonds is 17. The van der Waals surface area contributed by atoms with Gasteiger partial charge in [0, 0.05) is 30.0 Å². The normalized spacial score (nSPS) is 15.8. The molecule has 2 atom stereocenters. The average molecular weight is 971 g/mol. The lowest BCUT2D eigenvalue weighted by molar-refractivity contribution is -0.772. The number of halogens is 1. The molecule has 0 bridgehead atoms. The zero-order chi connectivity index (χ0) is 49.7. The SMILES string of the molecule is Cn1c(N)c(-c2ccc(OCC(O/N=C(\C(=O)NC3C(=O)N(OS(=O)(=O)O)C3(C)C)c3csc(NC(=O)OC(C)(C)C)n3)C(=O)OC(C)(C)C)cc2F)c[n+]1CCCNC(=O)OC(C)(C)C. The van der Waals surface area contributed by atoms with E-state index in [4.69, 9.17) is 34.1 Å². The number of carbonyl (C=O) groups excluding carboxylic acids is 5. The number of benzene rings is 1. The molecule has 1 fully saturated rings. The summed E-state index contributed by atoms with van der Waals surface area (Å²) in [4.78, 5) is 74.5. The standard InChI is InChI=1S/C40H56FN9O14S2/c1-37(2,3)60-33(53)27(20-59-22-14-15-23(25(41)18-22)24-19-49(48(12)30(24)42)17-13-16-43-35(54)61-38(4,5)6)63-47-28(26-21-65-34(44-26)46-36(55)62-39(7,8)9)31(51)45-29-32(52)50(40(29,10)11)64-66(56,57)58/h14-15,18-19,21,27,29,42H,13,16-17,20H2,1-12H3,(H4,43,44,45,46,51,54,55,56,57,58)/p+1/b47-28-. The second-order valence-electron chi connectivity index (χ2n) is 18.3. The Hall–Kier alpha value is -6.12. The molecule has 1 aliphatic heterocycles. The molecule has 23 nitrogen and oxygen atoms in total. The first-order chi connectivity index (χ1) is 30.2. The molecule has 4 rings (SSSR count). The number of nitrogens with two attached hydrogens (primary N) is 1. The third kappa shape index (κ3) is 14.7. The lowest BCUT2D eigenvalue weighted by atomic mass is 9.84. The summed E-state index contributed by atoms with van der Waals surface area (Å²) in [5.74, 6) is -3.73. The number of alkyl carbamates (subject to hydrolysis) is 1. The van der Waals surface area contributed by atoms with Gasteiger partial charge in [-0.25, -0.2) is 23.8 Å². The number of nitrogens with one attached hydrogen (secondary N) is 3. The maximum Gasteiger partial charge on any atom is 0.418 e. The number of oxime groups is 1. The molecule has 4 amide bonds. The zero-order valence-corrected chi connectivity index (χ0v) is 40.3. The Labute approximate surface area is 384 Å². The maximum atomic E-state index is 15.8. The summed E-state index contributed by atoms with van der Waals surface area (Å²) >= 11 is 0.852. The van der Waals surface area contributed by atoms with E-state index in [0.717, 1.165) is 17.4 Å². The molecule has 6 N–H and O–H groups in total. The molecule has 3 heterocycles. The number of aromatic nitrogens is 3. The molecule has 0 aliphatic carbocycles. The van der Waals surface area contributed by atoms with Crippen LogP contribution >= 0.6 is 11.3 Å². The van der Waals surface area contributed by atoms with E-state index < -0.39 is 93.0 Å². The van der Waals surface area contributed by atoms with Gasteiger partial charge in [-0.05, 0) is 88.3 Å². The van der Waals surface area contributed by atoms with Gasteiger partial charge in [-0.15, -0.1) is 25.0 Å². The minimum absolute atomic E-state index is 0.0503. The monoisotopic (exact) mass is 970 g/mol. The summed E-state index contributed by atoms with van der Waals surface area (Å²) in [5.41, 5.74) is 1.90. The molecule has 3 aromatic rings. The first-order valence-corrected chi connectivity index (χ1v) is 22.5. The van der Waals surface area contributed by atoms with Crippen LogP contribution in [0, 0.1) is 5.82 Å². The van der Waals surface area contributed by atoms with Crippen LogP contribution in [0.15, 0.2) is 34.9 Å². The van der Waals surface area contributed by atoms with Crippen LogP contribution in [-0.4, -0.2) is 111 Å². The Morgan fingerprint density at radius 3 is 2.21 bits per heavy atom. The molecule has 0 saturated carbocycles. The predicted octanol–water partition coefficient (Wildman–Crippen LogP) is 3.77. The lowest BCUT2D eigenvalue weighted by Crippen LogP contribution is -2.76. The number of esters is 1. The van der Waals surface area contributed by atoms with Crippen LogP contribution in [0.25, 0.3) is 11.1 Å². The Morgan fingerprint density at radius 1 is 1.02 bits per heavy atom. The minimum atomic E-state index is -5.11. The number of nitrogen functional groups attached to an aromatic ring is 1. The number of anilines is 2. The maximum absolute atomic E-state index is 15.8. The van der Waals surface area contributed by atoms with E-state index in [2.05, 4.69) is 30.4 Å². The van der Waals surface area contributed by atoms with Crippen molar-refractivity contribution in [3.05, 3.63) is 41.3 Å². The smallest absolute Gasteiger partial charge is 0.418 e. The van der Waals surface area contributed by atoms with E-state index in [-0.39, 0.29) is 28.0 Å². The van der Waals surface area contributed by atoms with Crippen LogP contribution in [0.3, 0.4) is 0 Å². The van der Waals surface area contributed by atoms with Gasteiger partial charge in [0.1, 0.15) is 46.7 Å². The number of hydrogen-bond donors (Lipinski definition) is 5. The topological polar surface area (TPSA) is 295 Å². The van der Waals surface area contributed by atoms with E-state index >= 15 is 4.39 Å². The van der Waals surface area contributed by atoms with Gasteiger partial charge >= 0.3 is 28.6 Å². The molecule has 2 unspecified atom stereocenters. The fourth-order valence-electron chi connectivity index (χ4n) is 5.84. The van der Waals surface area contributed by atoms with Crippen LogP contribution in [-0.2, 0) is 61.7 Å². The number of ether oxygens (including phenoxy) is 4. The second-order valence-corrected chi connectivity index (χ2v) is 20.1. The van der Waals surface area contributed by atoms with Gasteiger partial charge in [-0.1, -0.05) is 5.16 Å². The van der Waals surface area contributed by atoms with Gasteiger partial charge in [-0.2, -0.15) is 13.5 Å². The van der Waals surface area contributed by atoms with Crippen molar-refractivity contribution in [3.63, 3.8) is 0 Å². The number of hydroxylamine groups is 2. The summed E-state index contributed by atoms with van der Waals surface area (Å²) in [6.45, 7) is 17.7. The molecule has 1 aromatic carbocycles. The highest BCUT2D eigenvalue weighted by Crippen LogP contribution is 2.33. The van der Waals surface area contributed by atoms with Crippen LogP contribution < -0.4 is 31.1 Å². The van der Waals surface area contributed by atoms with Crippen molar-refractivity contribution in [1.82, 2.24) is 25.4 Å². The Morgan fingerprint density at radius 2 is 1.64 bits per heavy atom. The van der Waals surface area contributed by atoms with Gasteiger partial charge in [0.15, 0.2) is 23.2 Å². The highest BCUT2D eigenvalue weighted by Gasteiger charge is 2.58. The summed E-state index contributed by atoms with van der Waals surface area (Å²) in [6, 6.07) is 2.47. The van der Waals surface area contributed by atoms with Gasteiger partial charge in [0.2, 0.25) is 6.20 Å². The van der Waals surface area contributed by atoms with Crippen molar-refractivity contribution >= 4 is 68.4 Å². The van der Waals surface area contributed by atoms with Gasteiger partial charge in [0.25, 0.3) is 17.9 Å². The third-order valence-electron chi connectivity index (χ3n) is 8.78. The molecular formula is C40H57FN9O14S2+. The largest absolute Gasteiger partial charge is 0.489 e. The number of β-lactam (4-membered cyclic amide) rings is 1. The Balaban J connectivity index is 1.58. The highest BCUT2D eigenvalue weighted by molar-refractivity contribution is 7.80. The molecule has 1 aliphatic rings. The van der Waals surface area contributed by atoms with Gasteiger partial charge in [0.05, 0.1) is 18.2 Å². The van der Waals surface area contributed by atoms with E-state index in [0.29, 0.717) is 30.1 Å². The summed E-state index contributed by atoms with van der Waals surface area (Å²) in [6.07, 6.45) is -0.971. The van der Waals surface area contributed by atoms with Crippen molar-refractivity contribution in [2.45, 2.75) is 124 Å². The van der Waals surface area contributed by atoms with E-state index in [9.17, 15) is 32.4 Å². The number of hydrogen-bond acceptors (Lipinski definition) is 17. The summed E-state index contributed by atoms with van der Waals surface area (Å²) in [7, 11) is -3.42. The van der Waals surface area contributed by atoms with Crippen LogP contribution in [0.1, 0.15) is 88.3 Å². The Kier molecular flexibility index (Phi) is 16.0. The summed E-state index contributed by atoms with van der Waals surface area (Å²) in [5, 5.41) is 13.0. The first-order valence-electron chi connectivity index (χ1n) is 20.2. The van der Waals surface area contributed by atoms with Gasteiger partial charge in [-0.3, -0.25) is 19.5 Å². The lowest BCUT2D eigenvalue weighted by Gasteiger charge is -2.50. The Bertz CT molecular complexity index is 2450. The fourth-order valence-corrected chi connectivity index (χ4v) is 6.97. The van der Waals surface area contributed by atoms with Crippen molar-refractivity contribution < 1.29 is 74.1 Å². The third-order valence-corrected chi connectivity index (χ3v) is 9.88. The number of nitrogens with zero attached hydrogens (tertiary/aromatic N) is 5. The number of amides is 4. The molecule has 0 radical (unpaired) electrons. The first kappa shape index (κ1) is 52.5.